The molecular formula is C25H46N6O4. The molecule has 10 heteroatoms. The van der Waals surface area contributed by atoms with E-state index in [1.54, 1.807) is 9.80 Å². The molecule has 0 aliphatic carbocycles. The molecule has 0 aromatic rings. The predicted molar refractivity (Wildman–Crippen MR) is 134 cm³/mol. The number of nitrogens with two attached hydrogens (primary N) is 2. The van der Waals surface area contributed by atoms with Gasteiger partial charge >= 0.3 is 0 Å². The Bertz CT molecular complexity index is 788. The fourth-order valence-corrected chi connectivity index (χ4v) is 5.56. The second-order valence-corrected chi connectivity index (χ2v) is 11.6. The number of piperazine rings is 2. The number of carbonyl (C=O) groups is 4. The highest BCUT2D eigenvalue weighted by Gasteiger charge is 2.50. The van der Waals surface area contributed by atoms with E-state index in [1.807, 2.05) is 62.3 Å². The first kappa shape index (κ1) is 29.4. The Kier molecular flexibility index (Phi) is 8.91. The van der Waals surface area contributed by atoms with E-state index >= 15 is 0 Å². The summed E-state index contributed by atoms with van der Waals surface area (Å²) in [5.41, 5.74) is 11.1. The number of imide groups is 2. The molecule has 2 fully saturated rings. The zero-order valence-corrected chi connectivity index (χ0v) is 23.0. The first-order chi connectivity index (χ1) is 16.0. The molecule has 1 unspecified atom stereocenters. The Morgan fingerprint density at radius 3 is 1.17 bits per heavy atom. The van der Waals surface area contributed by atoms with Gasteiger partial charge in [0, 0.05) is 12.6 Å². The third-order valence-electron chi connectivity index (χ3n) is 8.01. The molecule has 0 bridgehead atoms. The zero-order chi connectivity index (χ0) is 27.0. The Labute approximate surface area is 210 Å². The molecule has 2 aliphatic heterocycles. The van der Waals surface area contributed by atoms with Crippen LogP contribution in [0.3, 0.4) is 0 Å². The summed E-state index contributed by atoms with van der Waals surface area (Å²) >= 11 is 0. The van der Waals surface area contributed by atoms with E-state index < -0.39 is 11.3 Å². The summed E-state index contributed by atoms with van der Waals surface area (Å²) in [6, 6.07) is -0.222. The van der Waals surface area contributed by atoms with Crippen molar-refractivity contribution in [3.8, 4) is 0 Å². The summed E-state index contributed by atoms with van der Waals surface area (Å²) in [4.78, 5) is 58.3. The summed E-state index contributed by atoms with van der Waals surface area (Å²) in [6.45, 7) is 17.8. The van der Waals surface area contributed by atoms with Crippen LogP contribution in [0.4, 0.5) is 0 Å². The molecule has 0 spiro atoms. The highest BCUT2D eigenvalue weighted by molar-refractivity contribution is 6.01. The van der Waals surface area contributed by atoms with E-state index in [0.717, 1.165) is 0 Å². The van der Waals surface area contributed by atoms with Gasteiger partial charge in [-0.05, 0) is 30.6 Å². The van der Waals surface area contributed by atoms with Crippen LogP contribution >= 0.6 is 0 Å². The largest absolute Gasteiger partial charge is 0.308 e. The average molecular weight is 495 g/mol. The normalized spacial score (nSPS) is 20.9. The standard InChI is InChI=1S/C25H46N6O4/c1-15(2)24(26,16(3)4)30-20(32)11-28(12-21(30)33)10-19(9)29-13-22(34)31(23(35)14-29)25(27,17(5)6)18(7)8/h15-19H,10-14,26-27H2,1-9H3. The maximum atomic E-state index is 13.1. The molecule has 1 atom stereocenters. The van der Waals surface area contributed by atoms with Crippen molar-refractivity contribution in [1.82, 2.24) is 19.6 Å². The number of hydrogen-bond acceptors (Lipinski definition) is 8. The van der Waals surface area contributed by atoms with Crippen LogP contribution in [-0.2, 0) is 19.2 Å². The van der Waals surface area contributed by atoms with E-state index in [4.69, 9.17) is 11.5 Å². The number of rotatable bonds is 9. The Balaban J connectivity index is 2.11. The number of carbonyl (C=O) groups excluding carboxylic acids is 4. The second kappa shape index (κ2) is 10.6. The van der Waals surface area contributed by atoms with E-state index in [9.17, 15) is 19.2 Å². The van der Waals surface area contributed by atoms with Crippen LogP contribution in [0.25, 0.3) is 0 Å². The molecule has 2 saturated heterocycles. The van der Waals surface area contributed by atoms with Crippen molar-refractivity contribution < 1.29 is 19.2 Å². The van der Waals surface area contributed by atoms with Gasteiger partial charge in [0.1, 0.15) is 11.3 Å². The van der Waals surface area contributed by atoms with Gasteiger partial charge < -0.3 is 11.5 Å². The van der Waals surface area contributed by atoms with E-state index in [2.05, 4.69) is 0 Å². The number of hydrogen-bond donors (Lipinski definition) is 2. The topological polar surface area (TPSA) is 133 Å². The lowest BCUT2D eigenvalue weighted by Gasteiger charge is -2.50. The third kappa shape index (κ3) is 5.30. The maximum absolute atomic E-state index is 13.1. The van der Waals surface area contributed by atoms with Crippen molar-refractivity contribution in [2.75, 3.05) is 32.7 Å². The van der Waals surface area contributed by atoms with E-state index in [1.165, 1.54) is 9.80 Å². The van der Waals surface area contributed by atoms with Crippen LogP contribution in [0.2, 0.25) is 0 Å². The summed E-state index contributed by atoms with van der Waals surface area (Å²) in [5, 5.41) is 0. The Hall–Kier alpha value is -1.88. The van der Waals surface area contributed by atoms with Gasteiger partial charge in [0.15, 0.2) is 0 Å². The molecule has 10 nitrogen and oxygen atoms in total. The molecule has 4 amide bonds. The lowest BCUT2D eigenvalue weighted by molar-refractivity contribution is -0.168. The van der Waals surface area contributed by atoms with Gasteiger partial charge in [-0.3, -0.25) is 38.8 Å². The molecule has 0 aromatic heterocycles. The van der Waals surface area contributed by atoms with Crippen LogP contribution in [0.15, 0.2) is 0 Å². The number of amides is 4. The Morgan fingerprint density at radius 2 is 0.886 bits per heavy atom. The molecule has 200 valence electrons. The predicted octanol–water partition coefficient (Wildman–Crippen LogP) is 0.651. The fourth-order valence-electron chi connectivity index (χ4n) is 5.56. The van der Waals surface area contributed by atoms with Crippen molar-refractivity contribution in [3.63, 3.8) is 0 Å². The summed E-state index contributed by atoms with van der Waals surface area (Å²) in [6.07, 6.45) is 0. The van der Waals surface area contributed by atoms with Gasteiger partial charge in [0.05, 0.1) is 26.2 Å². The zero-order valence-electron chi connectivity index (χ0n) is 23.0. The van der Waals surface area contributed by atoms with Crippen molar-refractivity contribution >= 4 is 23.6 Å². The molecule has 2 aliphatic rings. The molecular weight excluding hydrogens is 448 g/mol. The second-order valence-electron chi connectivity index (χ2n) is 11.6. The van der Waals surface area contributed by atoms with Gasteiger partial charge in [-0.25, -0.2) is 0 Å². The number of nitrogens with zero attached hydrogens (tertiary/aromatic N) is 4. The average Bonchev–Trinajstić information content (AvgIpc) is 2.71. The lowest BCUT2D eigenvalue weighted by Crippen LogP contribution is -2.72. The van der Waals surface area contributed by atoms with Crippen molar-refractivity contribution in [1.29, 1.82) is 0 Å². The van der Waals surface area contributed by atoms with Gasteiger partial charge in [0.2, 0.25) is 23.6 Å². The van der Waals surface area contributed by atoms with Crippen LogP contribution in [-0.4, -0.2) is 93.3 Å². The Morgan fingerprint density at radius 1 is 0.600 bits per heavy atom. The molecule has 2 heterocycles. The van der Waals surface area contributed by atoms with Crippen LogP contribution < -0.4 is 11.5 Å². The molecule has 4 N–H and O–H groups in total. The summed E-state index contributed by atoms with van der Waals surface area (Å²) < 4.78 is 0. The minimum Gasteiger partial charge on any atom is -0.308 e. The van der Waals surface area contributed by atoms with Gasteiger partial charge in [-0.15, -0.1) is 0 Å². The van der Waals surface area contributed by atoms with Crippen LogP contribution in [0, 0.1) is 23.7 Å². The molecule has 35 heavy (non-hydrogen) atoms. The fraction of sp³-hybridized carbons (Fsp3) is 0.840. The first-order valence-electron chi connectivity index (χ1n) is 12.7. The van der Waals surface area contributed by atoms with Gasteiger partial charge in [-0.1, -0.05) is 55.4 Å². The van der Waals surface area contributed by atoms with Crippen LogP contribution in [0.5, 0.6) is 0 Å². The first-order valence-corrected chi connectivity index (χ1v) is 12.7. The highest BCUT2D eigenvalue weighted by Crippen LogP contribution is 2.31. The monoisotopic (exact) mass is 494 g/mol. The summed E-state index contributed by atoms with van der Waals surface area (Å²) in [5.74, 6) is -1.68. The molecule has 0 saturated carbocycles. The maximum Gasteiger partial charge on any atom is 0.244 e. The summed E-state index contributed by atoms with van der Waals surface area (Å²) in [7, 11) is 0. The molecule has 0 radical (unpaired) electrons. The smallest absolute Gasteiger partial charge is 0.244 e. The van der Waals surface area contributed by atoms with Crippen molar-refractivity contribution in [2.24, 2.45) is 35.1 Å². The minimum atomic E-state index is -1.06. The van der Waals surface area contributed by atoms with Gasteiger partial charge in [-0.2, -0.15) is 0 Å². The third-order valence-corrected chi connectivity index (χ3v) is 8.01. The molecule has 0 aromatic carbocycles. The van der Waals surface area contributed by atoms with E-state index in [0.29, 0.717) is 6.54 Å². The minimum absolute atomic E-state index is 0.0553. The SMILES string of the molecule is CC(CN1CC(=O)N(C(N)(C(C)C)C(C)C)C(=O)C1)N1CC(=O)N(C(N)(C(C)C)C(C)C)C(=O)C1. The van der Waals surface area contributed by atoms with Gasteiger partial charge in [0.25, 0.3) is 0 Å². The quantitative estimate of drug-likeness (QED) is 0.447. The lowest BCUT2D eigenvalue weighted by atomic mass is 9.83. The van der Waals surface area contributed by atoms with E-state index in [-0.39, 0.29) is 79.5 Å². The van der Waals surface area contributed by atoms with Crippen molar-refractivity contribution in [3.05, 3.63) is 0 Å². The highest BCUT2D eigenvalue weighted by atomic mass is 16.2. The molecule has 2 rings (SSSR count). The van der Waals surface area contributed by atoms with Crippen LogP contribution in [0.1, 0.15) is 62.3 Å². The van der Waals surface area contributed by atoms with Crippen molar-refractivity contribution in [2.45, 2.75) is 79.7 Å².